The van der Waals surface area contributed by atoms with Gasteiger partial charge in [0, 0.05) is 23.7 Å². The molecule has 3 nitrogen and oxygen atoms in total. The third kappa shape index (κ3) is 3.07. The number of hydrogen-bond donors (Lipinski definition) is 0. The van der Waals surface area contributed by atoms with Gasteiger partial charge in [0.25, 0.3) is 0 Å². The summed E-state index contributed by atoms with van der Waals surface area (Å²) in [5, 5.41) is 9.01. The van der Waals surface area contributed by atoms with Gasteiger partial charge in [-0.3, -0.25) is 4.21 Å². The molecule has 1 aliphatic carbocycles. The van der Waals surface area contributed by atoms with Crippen molar-refractivity contribution in [3.63, 3.8) is 0 Å². The molecule has 1 rings (SSSR count). The first-order valence-electron chi connectivity index (χ1n) is 5.05. The van der Waals surface area contributed by atoms with Crippen LogP contribution in [0.15, 0.2) is 0 Å². The molecule has 1 fully saturated rings. The Hall–Kier alpha value is -0.400. The third-order valence-electron chi connectivity index (χ3n) is 2.69. The van der Waals surface area contributed by atoms with Crippen LogP contribution in [0.25, 0.3) is 0 Å². The zero-order chi connectivity index (χ0) is 10.4. The Balaban J connectivity index is 2.47. The highest BCUT2D eigenvalue weighted by Gasteiger charge is 2.29. The van der Waals surface area contributed by atoms with E-state index in [9.17, 15) is 4.21 Å². The van der Waals surface area contributed by atoms with E-state index < -0.39 is 10.8 Å². The van der Waals surface area contributed by atoms with Crippen molar-refractivity contribution in [2.45, 2.75) is 30.9 Å². The molecule has 0 N–H and O–H groups in total. The quantitative estimate of drug-likeness (QED) is 0.713. The topological polar surface area (TPSA) is 50.1 Å². The lowest BCUT2D eigenvalue weighted by molar-refractivity contribution is 0.217. The molecule has 0 saturated heterocycles. The second-order valence-corrected chi connectivity index (χ2v) is 5.41. The Labute approximate surface area is 87.9 Å². The van der Waals surface area contributed by atoms with Gasteiger partial charge >= 0.3 is 0 Å². The van der Waals surface area contributed by atoms with Crippen molar-refractivity contribution in [3.05, 3.63) is 0 Å². The van der Waals surface area contributed by atoms with Gasteiger partial charge in [-0.05, 0) is 12.8 Å². The van der Waals surface area contributed by atoms with E-state index in [0.717, 1.165) is 25.7 Å². The van der Waals surface area contributed by atoms with Crippen molar-refractivity contribution >= 4 is 10.8 Å². The minimum atomic E-state index is -0.884. The standard InChI is InChI=1S/C10H17NO2S/c1-13-6-7-14(12)10-5-3-2-4-9(10)8-11/h9-10H,2-7H2,1H3. The summed E-state index contributed by atoms with van der Waals surface area (Å²) in [6.45, 7) is 0.529. The van der Waals surface area contributed by atoms with E-state index >= 15 is 0 Å². The largest absolute Gasteiger partial charge is 0.384 e. The van der Waals surface area contributed by atoms with Gasteiger partial charge < -0.3 is 4.74 Å². The highest BCUT2D eigenvalue weighted by atomic mass is 32.2. The molecule has 0 bridgehead atoms. The summed E-state index contributed by atoms with van der Waals surface area (Å²) >= 11 is 0. The van der Waals surface area contributed by atoms with Crippen LogP contribution in [0.1, 0.15) is 25.7 Å². The molecule has 1 aliphatic rings. The van der Waals surface area contributed by atoms with Crippen LogP contribution in [-0.4, -0.2) is 28.9 Å². The summed E-state index contributed by atoms with van der Waals surface area (Å²) in [6.07, 6.45) is 4.08. The van der Waals surface area contributed by atoms with Gasteiger partial charge in [0.1, 0.15) is 0 Å². The van der Waals surface area contributed by atoms with Gasteiger partial charge in [-0.15, -0.1) is 0 Å². The number of nitriles is 1. The Morgan fingerprint density at radius 1 is 1.50 bits per heavy atom. The average Bonchev–Trinajstić information content (AvgIpc) is 2.25. The lowest BCUT2D eigenvalue weighted by atomic mass is 9.90. The average molecular weight is 215 g/mol. The van der Waals surface area contributed by atoms with Crippen molar-refractivity contribution in [1.29, 1.82) is 5.26 Å². The predicted molar refractivity (Wildman–Crippen MR) is 56.2 cm³/mol. The summed E-state index contributed by atoms with van der Waals surface area (Å²) < 4.78 is 16.7. The van der Waals surface area contributed by atoms with Gasteiger partial charge in [-0.1, -0.05) is 12.8 Å². The van der Waals surface area contributed by atoms with Crippen molar-refractivity contribution in [2.75, 3.05) is 19.5 Å². The molecule has 3 atom stereocenters. The smallest absolute Gasteiger partial charge is 0.0668 e. The molecule has 3 unspecified atom stereocenters. The van der Waals surface area contributed by atoms with Crippen LogP contribution in [0.4, 0.5) is 0 Å². The van der Waals surface area contributed by atoms with Gasteiger partial charge in [0.2, 0.25) is 0 Å². The van der Waals surface area contributed by atoms with Crippen LogP contribution in [0, 0.1) is 17.2 Å². The molecule has 0 heterocycles. The van der Waals surface area contributed by atoms with Crippen LogP contribution in [0.5, 0.6) is 0 Å². The van der Waals surface area contributed by atoms with E-state index in [4.69, 9.17) is 10.00 Å². The first-order chi connectivity index (χ1) is 6.79. The number of hydrogen-bond acceptors (Lipinski definition) is 3. The predicted octanol–water partition coefficient (Wildman–Crippen LogP) is 1.46. The van der Waals surface area contributed by atoms with E-state index in [2.05, 4.69) is 6.07 Å². The molecule has 0 aromatic carbocycles. The maximum atomic E-state index is 11.8. The van der Waals surface area contributed by atoms with Gasteiger partial charge in [-0.2, -0.15) is 5.26 Å². The van der Waals surface area contributed by atoms with E-state index in [-0.39, 0.29) is 11.2 Å². The van der Waals surface area contributed by atoms with Crippen LogP contribution in [0.2, 0.25) is 0 Å². The highest BCUT2D eigenvalue weighted by molar-refractivity contribution is 7.85. The van der Waals surface area contributed by atoms with Crippen LogP contribution in [-0.2, 0) is 15.5 Å². The molecule has 1 saturated carbocycles. The van der Waals surface area contributed by atoms with E-state index in [0.29, 0.717) is 12.4 Å². The second kappa shape index (κ2) is 6.15. The normalized spacial score (nSPS) is 29.4. The maximum absolute atomic E-state index is 11.8. The number of ether oxygens (including phenoxy) is 1. The summed E-state index contributed by atoms with van der Waals surface area (Å²) in [6, 6.07) is 2.28. The van der Waals surface area contributed by atoms with Gasteiger partial charge in [-0.25, -0.2) is 0 Å². The van der Waals surface area contributed by atoms with Gasteiger partial charge in [0.15, 0.2) is 0 Å². The number of rotatable bonds is 4. The first kappa shape index (κ1) is 11.7. The lowest BCUT2D eigenvalue weighted by Crippen LogP contribution is -2.30. The molecule has 0 amide bonds. The monoisotopic (exact) mass is 215 g/mol. The molecule has 4 heteroatoms. The SMILES string of the molecule is COCCS(=O)C1CCCCC1C#N. The molecule has 0 aliphatic heterocycles. The van der Waals surface area contributed by atoms with E-state index in [1.165, 1.54) is 0 Å². The summed E-state index contributed by atoms with van der Waals surface area (Å²) in [4.78, 5) is 0. The summed E-state index contributed by atoms with van der Waals surface area (Å²) in [7, 11) is 0.727. The van der Waals surface area contributed by atoms with Crippen LogP contribution in [0.3, 0.4) is 0 Å². The summed E-state index contributed by atoms with van der Waals surface area (Å²) in [5.41, 5.74) is 0. The van der Waals surface area contributed by atoms with Crippen molar-refractivity contribution < 1.29 is 8.95 Å². The molecule has 0 aromatic heterocycles. The zero-order valence-corrected chi connectivity index (χ0v) is 9.39. The minimum absolute atomic E-state index is 0.00133. The van der Waals surface area contributed by atoms with Crippen LogP contribution < -0.4 is 0 Å². The lowest BCUT2D eigenvalue weighted by Gasteiger charge is -2.25. The molecular formula is C10H17NO2S. The summed E-state index contributed by atoms with van der Waals surface area (Å²) in [5.74, 6) is 0.570. The molecule has 0 radical (unpaired) electrons. The Morgan fingerprint density at radius 3 is 2.86 bits per heavy atom. The Bertz CT molecular complexity index is 237. The van der Waals surface area contributed by atoms with Crippen molar-refractivity contribution in [3.8, 4) is 6.07 Å². The molecule has 0 spiro atoms. The van der Waals surface area contributed by atoms with Crippen molar-refractivity contribution in [2.24, 2.45) is 5.92 Å². The maximum Gasteiger partial charge on any atom is 0.0668 e. The number of methoxy groups -OCH3 is 1. The highest BCUT2D eigenvalue weighted by Crippen LogP contribution is 2.27. The molecule has 0 aromatic rings. The van der Waals surface area contributed by atoms with E-state index in [1.807, 2.05) is 0 Å². The first-order valence-corrected chi connectivity index (χ1v) is 6.43. The fourth-order valence-corrected chi connectivity index (χ4v) is 3.50. The second-order valence-electron chi connectivity index (χ2n) is 3.64. The Kier molecular flexibility index (Phi) is 5.13. The molecular weight excluding hydrogens is 198 g/mol. The van der Waals surface area contributed by atoms with Crippen molar-refractivity contribution in [1.82, 2.24) is 0 Å². The number of nitrogens with zero attached hydrogens (tertiary/aromatic N) is 1. The fraction of sp³-hybridized carbons (Fsp3) is 0.900. The van der Waals surface area contributed by atoms with Crippen LogP contribution >= 0.6 is 0 Å². The molecule has 80 valence electrons. The Morgan fingerprint density at radius 2 is 2.21 bits per heavy atom. The molecule has 14 heavy (non-hydrogen) atoms. The fourth-order valence-electron chi connectivity index (χ4n) is 1.88. The van der Waals surface area contributed by atoms with E-state index in [1.54, 1.807) is 7.11 Å². The zero-order valence-electron chi connectivity index (χ0n) is 8.57. The third-order valence-corrected chi connectivity index (χ3v) is 4.50. The minimum Gasteiger partial charge on any atom is -0.384 e. The van der Waals surface area contributed by atoms with Gasteiger partial charge in [0.05, 0.1) is 23.8 Å².